The van der Waals surface area contributed by atoms with Crippen LogP contribution in [0.3, 0.4) is 0 Å². The summed E-state index contributed by atoms with van der Waals surface area (Å²) in [7, 11) is 0. The van der Waals surface area contributed by atoms with Crippen LogP contribution >= 0.6 is 0 Å². The highest BCUT2D eigenvalue weighted by Gasteiger charge is 2.17. The molecule has 17 heavy (non-hydrogen) atoms. The zero-order chi connectivity index (χ0) is 13.2. The molecule has 0 saturated carbocycles. The molecule has 0 aliphatic carbocycles. The number of benzene rings is 1. The third-order valence-corrected chi connectivity index (χ3v) is 2.68. The van der Waals surface area contributed by atoms with E-state index in [2.05, 4.69) is 0 Å². The molecule has 0 saturated heterocycles. The highest BCUT2D eigenvalue weighted by atomic mass is 16.6. The summed E-state index contributed by atoms with van der Waals surface area (Å²) in [5.41, 5.74) is 1.45. The van der Waals surface area contributed by atoms with Crippen molar-refractivity contribution < 1.29 is 14.8 Å². The molecule has 0 fully saturated rings. The summed E-state index contributed by atoms with van der Waals surface area (Å²) >= 11 is 0. The predicted octanol–water partition coefficient (Wildman–Crippen LogP) is 2.36. The Balaban J connectivity index is 3.08. The fraction of sp³-hybridized carbons (Fsp3) is 0.500. The fourth-order valence-electron chi connectivity index (χ4n) is 1.44. The fourth-order valence-corrected chi connectivity index (χ4v) is 1.44. The van der Waals surface area contributed by atoms with Gasteiger partial charge in [-0.2, -0.15) is 0 Å². The number of nitrogens with zero attached hydrogens (tertiary/aromatic N) is 1. The summed E-state index contributed by atoms with van der Waals surface area (Å²) in [6.45, 7) is 6.84. The van der Waals surface area contributed by atoms with Gasteiger partial charge in [0.25, 0.3) is 5.69 Å². The van der Waals surface area contributed by atoms with E-state index >= 15 is 0 Å². The van der Waals surface area contributed by atoms with Gasteiger partial charge < -0.3 is 9.84 Å². The lowest BCUT2D eigenvalue weighted by atomic mass is 10.1. The summed E-state index contributed by atoms with van der Waals surface area (Å²) in [5.74, 6) is 0.440. The summed E-state index contributed by atoms with van der Waals surface area (Å²) in [6, 6.07) is 3.12. The van der Waals surface area contributed by atoms with E-state index in [1.807, 2.05) is 6.92 Å². The zero-order valence-corrected chi connectivity index (χ0v) is 10.4. The summed E-state index contributed by atoms with van der Waals surface area (Å²) < 4.78 is 5.50. The number of aryl methyl sites for hydroxylation is 2. The number of hydrogen-bond donors (Lipinski definition) is 1. The molecule has 1 aromatic carbocycles. The standard InChI is InChI=1S/C12H17NO4/c1-7-5-8(2)12(6-11(7)13(15)16)17-10(4)9(3)14/h5-6,9-10,14H,1-4H3. The van der Waals surface area contributed by atoms with Gasteiger partial charge in [-0.05, 0) is 39.3 Å². The van der Waals surface area contributed by atoms with E-state index in [1.165, 1.54) is 6.07 Å². The second kappa shape index (κ2) is 5.14. The molecule has 1 aromatic rings. The zero-order valence-electron chi connectivity index (χ0n) is 10.4. The minimum atomic E-state index is -0.630. The van der Waals surface area contributed by atoms with Crippen LogP contribution in [0.25, 0.3) is 0 Å². The van der Waals surface area contributed by atoms with E-state index in [-0.39, 0.29) is 5.69 Å². The van der Waals surface area contributed by atoms with Crippen LogP contribution in [-0.2, 0) is 0 Å². The first kappa shape index (κ1) is 13.4. The Morgan fingerprint density at radius 3 is 2.35 bits per heavy atom. The van der Waals surface area contributed by atoms with Gasteiger partial charge in [0.15, 0.2) is 0 Å². The van der Waals surface area contributed by atoms with Crippen LogP contribution in [-0.4, -0.2) is 22.2 Å². The lowest BCUT2D eigenvalue weighted by Gasteiger charge is -2.18. The van der Waals surface area contributed by atoms with Gasteiger partial charge in [-0.3, -0.25) is 10.1 Å². The van der Waals surface area contributed by atoms with Gasteiger partial charge in [-0.25, -0.2) is 0 Å². The van der Waals surface area contributed by atoms with Crippen molar-refractivity contribution in [3.05, 3.63) is 33.4 Å². The molecule has 0 radical (unpaired) electrons. The smallest absolute Gasteiger partial charge is 0.276 e. The Hall–Kier alpha value is -1.62. The summed E-state index contributed by atoms with van der Waals surface area (Å²) in [4.78, 5) is 10.4. The lowest BCUT2D eigenvalue weighted by molar-refractivity contribution is -0.385. The van der Waals surface area contributed by atoms with Crippen LogP contribution in [0, 0.1) is 24.0 Å². The average Bonchev–Trinajstić information content (AvgIpc) is 2.21. The van der Waals surface area contributed by atoms with E-state index in [4.69, 9.17) is 4.74 Å². The molecule has 0 aliphatic heterocycles. The first-order valence-electron chi connectivity index (χ1n) is 5.43. The van der Waals surface area contributed by atoms with E-state index in [0.29, 0.717) is 11.3 Å². The molecule has 0 amide bonds. The second-order valence-corrected chi connectivity index (χ2v) is 4.22. The number of nitro benzene ring substituents is 1. The van der Waals surface area contributed by atoms with Gasteiger partial charge in [0.1, 0.15) is 11.9 Å². The predicted molar refractivity (Wildman–Crippen MR) is 64.3 cm³/mol. The number of nitro groups is 1. The van der Waals surface area contributed by atoms with E-state index in [1.54, 1.807) is 26.8 Å². The maximum atomic E-state index is 10.8. The van der Waals surface area contributed by atoms with Gasteiger partial charge in [0.05, 0.1) is 17.1 Å². The van der Waals surface area contributed by atoms with Crippen molar-refractivity contribution in [3.8, 4) is 5.75 Å². The van der Waals surface area contributed by atoms with Gasteiger partial charge in [-0.15, -0.1) is 0 Å². The topological polar surface area (TPSA) is 72.6 Å². The molecule has 0 bridgehead atoms. The minimum Gasteiger partial charge on any atom is -0.487 e. The first-order chi connectivity index (χ1) is 7.82. The van der Waals surface area contributed by atoms with Crippen molar-refractivity contribution in [2.75, 3.05) is 0 Å². The third-order valence-electron chi connectivity index (χ3n) is 2.68. The molecular weight excluding hydrogens is 222 g/mol. The van der Waals surface area contributed by atoms with Crippen molar-refractivity contribution in [2.45, 2.75) is 39.9 Å². The molecular formula is C12H17NO4. The molecule has 94 valence electrons. The highest BCUT2D eigenvalue weighted by molar-refractivity contribution is 5.49. The maximum absolute atomic E-state index is 10.8. The Labute approximate surface area is 100 Å². The third kappa shape index (κ3) is 3.17. The maximum Gasteiger partial charge on any atom is 0.276 e. The normalized spacial score (nSPS) is 14.2. The van der Waals surface area contributed by atoms with Crippen LogP contribution in [0.15, 0.2) is 12.1 Å². The van der Waals surface area contributed by atoms with Gasteiger partial charge in [0, 0.05) is 5.56 Å². The molecule has 5 heteroatoms. The molecule has 0 aliphatic rings. The Morgan fingerprint density at radius 1 is 1.29 bits per heavy atom. The first-order valence-corrected chi connectivity index (χ1v) is 5.43. The molecule has 0 aromatic heterocycles. The number of aliphatic hydroxyl groups excluding tert-OH is 1. The Kier molecular flexibility index (Phi) is 4.07. The van der Waals surface area contributed by atoms with Gasteiger partial charge >= 0.3 is 0 Å². The van der Waals surface area contributed by atoms with Crippen LogP contribution < -0.4 is 4.74 Å². The molecule has 1 N–H and O–H groups in total. The van der Waals surface area contributed by atoms with Crippen molar-refractivity contribution in [2.24, 2.45) is 0 Å². The summed E-state index contributed by atoms with van der Waals surface area (Å²) in [6.07, 6.45) is -1.04. The number of rotatable bonds is 4. The van der Waals surface area contributed by atoms with E-state index in [0.717, 1.165) is 5.56 Å². The number of aliphatic hydroxyl groups is 1. The molecule has 1 rings (SSSR count). The quantitative estimate of drug-likeness (QED) is 0.646. The summed E-state index contributed by atoms with van der Waals surface area (Å²) in [5, 5.41) is 20.2. The molecule has 0 spiro atoms. The van der Waals surface area contributed by atoms with Gasteiger partial charge in [-0.1, -0.05) is 0 Å². The number of hydrogen-bond acceptors (Lipinski definition) is 4. The number of ether oxygens (including phenoxy) is 1. The van der Waals surface area contributed by atoms with Crippen molar-refractivity contribution in [3.63, 3.8) is 0 Å². The van der Waals surface area contributed by atoms with Gasteiger partial charge in [0.2, 0.25) is 0 Å². The van der Waals surface area contributed by atoms with Crippen LogP contribution in [0.1, 0.15) is 25.0 Å². The average molecular weight is 239 g/mol. The van der Waals surface area contributed by atoms with Crippen LogP contribution in [0.4, 0.5) is 5.69 Å². The van der Waals surface area contributed by atoms with Crippen molar-refractivity contribution in [1.29, 1.82) is 0 Å². The van der Waals surface area contributed by atoms with Crippen molar-refractivity contribution >= 4 is 5.69 Å². The Morgan fingerprint density at radius 2 is 1.88 bits per heavy atom. The van der Waals surface area contributed by atoms with E-state index < -0.39 is 17.1 Å². The molecule has 0 heterocycles. The van der Waals surface area contributed by atoms with E-state index in [9.17, 15) is 15.2 Å². The lowest BCUT2D eigenvalue weighted by Crippen LogP contribution is -2.25. The van der Waals surface area contributed by atoms with Crippen LogP contribution in [0.5, 0.6) is 5.75 Å². The Bertz CT molecular complexity index is 429. The second-order valence-electron chi connectivity index (χ2n) is 4.22. The molecule has 5 nitrogen and oxygen atoms in total. The highest BCUT2D eigenvalue weighted by Crippen LogP contribution is 2.28. The largest absolute Gasteiger partial charge is 0.487 e. The van der Waals surface area contributed by atoms with Crippen LogP contribution in [0.2, 0.25) is 0 Å². The monoisotopic (exact) mass is 239 g/mol. The minimum absolute atomic E-state index is 0.0309. The van der Waals surface area contributed by atoms with Crippen molar-refractivity contribution in [1.82, 2.24) is 0 Å². The SMILES string of the molecule is Cc1cc(C)c([N+](=O)[O-])cc1OC(C)C(C)O. The molecule has 2 unspecified atom stereocenters. The molecule has 2 atom stereocenters.